The summed E-state index contributed by atoms with van der Waals surface area (Å²) in [6.45, 7) is 0. The number of thiophene rings is 1. The van der Waals surface area contributed by atoms with E-state index in [4.69, 9.17) is 4.42 Å². The third-order valence-corrected chi connectivity index (χ3v) is 6.20. The molecule has 0 saturated carbocycles. The number of carbonyl (C=O) groups excluding carboxylic acids is 2. The van der Waals surface area contributed by atoms with E-state index in [0.717, 1.165) is 21.9 Å². The monoisotopic (exact) mass is 433 g/mol. The number of carbonyl (C=O) groups is 2. The van der Waals surface area contributed by atoms with E-state index in [0.29, 0.717) is 21.4 Å². The molecule has 0 aliphatic carbocycles. The largest absolute Gasteiger partial charge is 0.456 e. The standard InChI is InChI=1S/C22H15N3O3S2/c26-20(11-14-12-30-22(24-14)25-21(27)19-6-3-9-29-19)23-13-7-8-16-15-4-1-2-5-17(15)28-18(16)10-13/h1-10,12H,11H2,(H,23,26)(H,24,25,27). The minimum absolute atomic E-state index is 0.115. The lowest BCUT2D eigenvalue weighted by Crippen LogP contribution is -2.15. The summed E-state index contributed by atoms with van der Waals surface area (Å²) in [4.78, 5) is 29.5. The molecule has 148 valence electrons. The fourth-order valence-electron chi connectivity index (χ4n) is 3.19. The maximum Gasteiger partial charge on any atom is 0.267 e. The molecule has 6 nitrogen and oxygen atoms in total. The predicted molar refractivity (Wildman–Crippen MR) is 120 cm³/mol. The van der Waals surface area contributed by atoms with E-state index < -0.39 is 0 Å². The third-order valence-electron chi connectivity index (χ3n) is 4.52. The van der Waals surface area contributed by atoms with E-state index in [2.05, 4.69) is 15.6 Å². The molecule has 3 heterocycles. The Morgan fingerprint density at radius 3 is 2.67 bits per heavy atom. The molecule has 0 aliphatic heterocycles. The molecule has 8 heteroatoms. The lowest BCUT2D eigenvalue weighted by Gasteiger charge is -2.04. The van der Waals surface area contributed by atoms with E-state index in [9.17, 15) is 9.59 Å². The van der Waals surface area contributed by atoms with Crippen molar-refractivity contribution in [1.29, 1.82) is 0 Å². The van der Waals surface area contributed by atoms with Crippen molar-refractivity contribution in [2.75, 3.05) is 10.6 Å². The Labute approximate surface area is 179 Å². The molecular weight excluding hydrogens is 418 g/mol. The summed E-state index contributed by atoms with van der Waals surface area (Å²) in [7, 11) is 0. The Bertz CT molecular complexity index is 1370. The number of anilines is 2. The van der Waals surface area contributed by atoms with Crippen LogP contribution in [-0.4, -0.2) is 16.8 Å². The topological polar surface area (TPSA) is 84.2 Å². The predicted octanol–water partition coefficient (Wildman–Crippen LogP) is 5.54. The van der Waals surface area contributed by atoms with Crippen molar-refractivity contribution in [2.24, 2.45) is 0 Å². The van der Waals surface area contributed by atoms with Crippen LogP contribution < -0.4 is 10.6 Å². The number of nitrogens with zero attached hydrogens (tertiary/aromatic N) is 1. The van der Waals surface area contributed by atoms with Gasteiger partial charge in [0.15, 0.2) is 5.13 Å². The summed E-state index contributed by atoms with van der Waals surface area (Å²) < 4.78 is 5.86. The molecule has 0 fully saturated rings. The van der Waals surface area contributed by atoms with Crippen molar-refractivity contribution in [3.63, 3.8) is 0 Å². The number of benzene rings is 2. The number of fused-ring (bicyclic) bond motifs is 3. The Morgan fingerprint density at radius 2 is 1.80 bits per heavy atom. The zero-order chi connectivity index (χ0) is 20.5. The first-order chi connectivity index (χ1) is 14.7. The van der Waals surface area contributed by atoms with Crippen LogP contribution >= 0.6 is 22.7 Å². The smallest absolute Gasteiger partial charge is 0.267 e. The number of nitrogens with one attached hydrogen (secondary N) is 2. The third kappa shape index (κ3) is 3.70. The number of amides is 2. The maximum absolute atomic E-state index is 12.4. The van der Waals surface area contributed by atoms with Crippen molar-refractivity contribution in [2.45, 2.75) is 6.42 Å². The van der Waals surface area contributed by atoms with Gasteiger partial charge in [0, 0.05) is 27.9 Å². The highest BCUT2D eigenvalue weighted by Crippen LogP contribution is 2.30. The number of para-hydroxylation sites is 1. The average Bonchev–Trinajstić information content (AvgIpc) is 3.47. The SMILES string of the molecule is O=C(Cc1csc(NC(=O)c2cccs2)n1)Nc1ccc2c(c1)oc1ccccc12. The van der Waals surface area contributed by atoms with Gasteiger partial charge in [-0.25, -0.2) is 4.98 Å². The van der Waals surface area contributed by atoms with Gasteiger partial charge in [0.1, 0.15) is 11.2 Å². The van der Waals surface area contributed by atoms with E-state index in [-0.39, 0.29) is 18.2 Å². The van der Waals surface area contributed by atoms with Crippen molar-refractivity contribution in [3.05, 3.63) is 75.9 Å². The van der Waals surface area contributed by atoms with Gasteiger partial charge in [0.2, 0.25) is 5.91 Å². The Kier molecular flexibility index (Phi) is 4.78. The van der Waals surface area contributed by atoms with Gasteiger partial charge in [-0.3, -0.25) is 14.9 Å². The van der Waals surface area contributed by atoms with E-state index in [1.165, 1.54) is 22.7 Å². The molecule has 2 N–H and O–H groups in total. The molecule has 2 amide bonds. The van der Waals surface area contributed by atoms with Crippen LogP contribution in [0, 0.1) is 0 Å². The van der Waals surface area contributed by atoms with Gasteiger partial charge in [-0.1, -0.05) is 24.3 Å². The first-order valence-corrected chi connectivity index (χ1v) is 10.9. The molecule has 2 aromatic carbocycles. The highest BCUT2D eigenvalue weighted by Gasteiger charge is 2.13. The Hall–Kier alpha value is -3.49. The molecule has 0 spiro atoms. The normalized spacial score (nSPS) is 11.1. The first kappa shape index (κ1) is 18.5. The van der Waals surface area contributed by atoms with Gasteiger partial charge >= 0.3 is 0 Å². The molecule has 0 bridgehead atoms. The number of hydrogen-bond donors (Lipinski definition) is 2. The first-order valence-electron chi connectivity index (χ1n) is 9.16. The lowest BCUT2D eigenvalue weighted by atomic mass is 10.1. The maximum atomic E-state index is 12.4. The van der Waals surface area contributed by atoms with Crippen molar-refractivity contribution >= 4 is 67.2 Å². The summed E-state index contributed by atoms with van der Waals surface area (Å²) in [5.41, 5.74) is 2.80. The van der Waals surface area contributed by atoms with Crippen LogP contribution in [0.4, 0.5) is 10.8 Å². The summed E-state index contributed by atoms with van der Waals surface area (Å²) >= 11 is 2.66. The second-order valence-corrected chi connectivity index (χ2v) is 8.42. The number of thiazole rings is 1. The van der Waals surface area contributed by atoms with Crippen molar-refractivity contribution in [1.82, 2.24) is 4.98 Å². The number of aromatic nitrogens is 1. The second kappa shape index (κ2) is 7.74. The number of furan rings is 1. The van der Waals surface area contributed by atoms with Gasteiger partial charge in [-0.2, -0.15) is 0 Å². The van der Waals surface area contributed by atoms with Crippen LogP contribution in [0.3, 0.4) is 0 Å². The molecule has 5 aromatic rings. The molecule has 0 saturated heterocycles. The van der Waals surface area contributed by atoms with Gasteiger partial charge in [0.25, 0.3) is 5.91 Å². The van der Waals surface area contributed by atoms with Gasteiger partial charge in [-0.05, 0) is 29.6 Å². The second-order valence-electron chi connectivity index (χ2n) is 6.61. The van der Waals surface area contributed by atoms with Crippen LogP contribution in [0.5, 0.6) is 0 Å². The van der Waals surface area contributed by atoms with Gasteiger partial charge in [-0.15, -0.1) is 22.7 Å². The summed E-state index contributed by atoms with van der Waals surface area (Å²) in [6, 6.07) is 17.0. The number of hydrogen-bond acceptors (Lipinski definition) is 6. The van der Waals surface area contributed by atoms with Crippen LogP contribution in [0.1, 0.15) is 15.4 Å². The molecule has 0 unspecified atom stereocenters. The average molecular weight is 434 g/mol. The molecule has 0 atom stereocenters. The number of rotatable bonds is 5. The fourth-order valence-corrected chi connectivity index (χ4v) is 4.51. The minimum atomic E-state index is -0.200. The summed E-state index contributed by atoms with van der Waals surface area (Å²) in [5.74, 6) is -0.388. The van der Waals surface area contributed by atoms with E-state index in [1.54, 1.807) is 11.4 Å². The Balaban J connectivity index is 1.25. The van der Waals surface area contributed by atoms with Crippen LogP contribution in [0.15, 0.2) is 69.8 Å². The molecule has 3 aromatic heterocycles. The summed E-state index contributed by atoms with van der Waals surface area (Å²) in [6.07, 6.45) is 0.115. The van der Waals surface area contributed by atoms with Crippen LogP contribution in [0.2, 0.25) is 0 Å². The van der Waals surface area contributed by atoms with Crippen LogP contribution in [-0.2, 0) is 11.2 Å². The quantitative estimate of drug-likeness (QED) is 0.381. The van der Waals surface area contributed by atoms with E-state index >= 15 is 0 Å². The van der Waals surface area contributed by atoms with E-state index in [1.807, 2.05) is 53.9 Å². The lowest BCUT2D eigenvalue weighted by molar-refractivity contribution is -0.115. The summed E-state index contributed by atoms with van der Waals surface area (Å²) in [5, 5.41) is 11.8. The highest BCUT2D eigenvalue weighted by atomic mass is 32.1. The van der Waals surface area contributed by atoms with Crippen LogP contribution in [0.25, 0.3) is 21.9 Å². The Morgan fingerprint density at radius 1 is 0.933 bits per heavy atom. The molecular formula is C22H15N3O3S2. The van der Waals surface area contributed by atoms with Gasteiger partial charge < -0.3 is 9.73 Å². The van der Waals surface area contributed by atoms with Gasteiger partial charge in [0.05, 0.1) is 17.0 Å². The highest BCUT2D eigenvalue weighted by molar-refractivity contribution is 7.14. The van der Waals surface area contributed by atoms with Crippen molar-refractivity contribution in [3.8, 4) is 0 Å². The molecule has 0 aliphatic rings. The van der Waals surface area contributed by atoms with Crippen molar-refractivity contribution < 1.29 is 14.0 Å². The zero-order valence-electron chi connectivity index (χ0n) is 15.5. The minimum Gasteiger partial charge on any atom is -0.456 e. The zero-order valence-corrected chi connectivity index (χ0v) is 17.2. The molecule has 0 radical (unpaired) electrons. The molecule has 30 heavy (non-hydrogen) atoms. The fraction of sp³-hybridized carbons (Fsp3) is 0.0455. The molecule has 5 rings (SSSR count).